The number of rotatable bonds is 6. The van der Waals surface area contributed by atoms with Crippen molar-refractivity contribution in [1.82, 2.24) is 4.90 Å². The predicted molar refractivity (Wildman–Crippen MR) is 101 cm³/mol. The molecule has 0 spiro atoms. The van der Waals surface area contributed by atoms with Crippen molar-refractivity contribution in [2.75, 3.05) is 7.05 Å². The third-order valence-electron chi connectivity index (χ3n) is 3.90. The maximum atomic E-state index is 9.51. The van der Waals surface area contributed by atoms with Crippen LogP contribution in [-0.2, 0) is 12.0 Å². The van der Waals surface area contributed by atoms with Crippen molar-refractivity contribution >= 4 is 6.34 Å². The Balaban J connectivity index is 2.47. The van der Waals surface area contributed by atoms with Gasteiger partial charge in [0.2, 0.25) is 0 Å². The zero-order valence-electron chi connectivity index (χ0n) is 14.5. The van der Waals surface area contributed by atoms with Crippen molar-refractivity contribution in [1.29, 1.82) is 5.26 Å². The number of nitriles is 1. The van der Waals surface area contributed by atoms with Gasteiger partial charge in [-0.05, 0) is 48.2 Å². The second-order valence-corrected chi connectivity index (χ2v) is 6.38. The molecule has 0 bridgehead atoms. The van der Waals surface area contributed by atoms with Gasteiger partial charge in [-0.1, -0.05) is 43.0 Å². The van der Waals surface area contributed by atoms with Gasteiger partial charge in [-0.15, -0.1) is 0 Å². The molecular formula is C21H23N3. The standard InChI is InChI=1S/C21H23N3/c1-5-23-16-24(4)14-17-11-19(18-9-7-6-8-10-18)13-20(12-17)21(2,3)15-22/h5-13,16H,1,14H2,2-4H3/b23-16-. The SMILES string of the molecule is C=C/N=C\N(C)Cc1cc(-c2ccccc2)cc(C(C)(C)C#N)c1. The van der Waals surface area contributed by atoms with Crippen LogP contribution < -0.4 is 0 Å². The van der Waals surface area contributed by atoms with Gasteiger partial charge in [-0.2, -0.15) is 5.26 Å². The van der Waals surface area contributed by atoms with Gasteiger partial charge in [0.25, 0.3) is 0 Å². The molecule has 3 heteroatoms. The molecule has 2 rings (SSSR count). The minimum absolute atomic E-state index is 0.534. The number of hydrogen-bond donors (Lipinski definition) is 0. The van der Waals surface area contributed by atoms with E-state index in [4.69, 9.17) is 0 Å². The van der Waals surface area contributed by atoms with Crippen LogP contribution in [-0.4, -0.2) is 18.3 Å². The molecule has 0 fully saturated rings. The summed E-state index contributed by atoms with van der Waals surface area (Å²) in [5.41, 5.74) is 3.91. The summed E-state index contributed by atoms with van der Waals surface area (Å²) < 4.78 is 0. The van der Waals surface area contributed by atoms with Crippen LogP contribution >= 0.6 is 0 Å². The molecule has 0 amide bonds. The summed E-state index contributed by atoms with van der Waals surface area (Å²) in [6, 6.07) is 19.0. The lowest BCUT2D eigenvalue weighted by atomic mass is 9.83. The Bertz CT molecular complexity index is 767. The molecule has 2 aromatic carbocycles. The summed E-state index contributed by atoms with van der Waals surface area (Å²) in [4.78, 5) is 6.04. The fourth-order valence-corrected chi connectivity index (χ4v) is 2.50. The molecule has 0 aromatic heterocycles. The van der Waals surface area contributed by atoms with Crippen LogP contribution in [0.25, 0.3) is 11.1 Å². The number of aliphatic imine (C=N–C) groups is 1. The van der Waals surface area contributed by atoms with E-state index in [0.29, 0.717) is 6.54 Å². The number of nitrogens with zero attached hydrogens (tertiary/aromatic N) is 3. The lowest BCUT2D eigenvalue weighted by molar-refractivity contribution is 0.515. The highest BCUT2D eigenvalue weighted by Gasteiger charge is 2.21. The van der Waals surface area contributed by atoms with Crippen LogP contribution in [0.1, 0.15) is 25.0 Å². The Morgan fingerprint density at radius 1 is 1.17 bits per heavy atom. The normalized spacial score (nSPS) is 11.2. The van der Waals surface area contributed by atoms with Crippen molar-refractivity contribution in [2.45, 2.75) is 25.8 Å². The van der Waals surface area contributed by atoms with Gasteiger partial charge in [-0.3, -0.25) is 0 Å². The first kappa shape index (κ1) is 17.5. The molecule has 0 radical (unpaired) electrons. The molecule has 122 valence electrons. The second kappa shape index (κ2) is 7.61. The largest absolute Gasteiger partial charge is 0.361 e. The number of hydrogen-bond acceptors (Lipinski definition) is 2. The van der Waals surface area contributed by atoms with Crippen molar-refractivity contribution in [3.8, 4) is 17.2 Å². The minimum Gasteiger partial charge on any atom is -0.361 e. The Hall–Kier alpha value is -2.86. The van der Waals surface area contributed by atoms with E-state index in [-0.39, 0.29) is 0 Å². The highest BCUT2D eigenvalue weighted by Crippen LogP contribution is 2.29. The van der Waals surface area contributed by atoms with Gasteiger partial charge in [0.1, 0.15) is 0 Å². The Labute approximate surface area is 144 Å². The van der Waals surface area contributed by atoms with Crippen LogP contribution in [0.2, 0.25) is 0 Å². The summed E-state index contributed by atoms with van der Waals surface area (Å²) in [6.45, 7) is 8.20. The molecule has 0 aliphatic rings. The molecular weight excluding hydrogens is 294 g/mol. The van der Waals surface area contributed by atoms with Gasteiger partial charge in [0.15, 0.2) is 0 Å². The van der Waals surface area contributed by atoms with Gasteiger partial charge in [-0.25, -0.2) is 4.99 Å². The molecule has 0 saturated heterocycles. The molecule has 0 N–H and O–H groups in total. The molecule has 0 atom stereocenters. The van der Waals surface area contributed by atoms with E-state index in [1.165, 1.54) is 6.20 Å². The Morgan fingerprint density at radius 2 is 1.88 bits per heavy atom. The summed E-state index contributed by atoms with van der Waals surface area (Å²) >= 11 is 0. The van der Waals surface area contributed by atoms with E-state index in [2.05, 4.69) is 48.0 Å². The summed E-state index contributed by atoms with van der Waals surface area (Å²) in [7, 11) is 1.97. The summed E-state index contributed by atoms with van der Waals surface area (Å²) in [5, 5.41) is 9.51. The van der Waals surface area contributed by atoms with Crippen LogP contribution in [0, 0.1) is 11.3 Å². The molecule has 0 saturated carbocycles. The van der Waals surface area contributed by atoms with E-state index in [0.717, 1.165) is 22.3 Å². The van der Waals surface area contributed by atoms with E-state index in [1.807, 2.05) is 44.0 Å². The molecule has 0 aliphatic heterocycles. The van der Waals surface area contributed by atoms with Crippen molar-refractivity contribution in [3.05, 3.63) is 72.4 Å². The topological polar surface area (TPSA) is 39.4 Å². The fourth-order valence-electron chi connectivity index (χ4n) is 2.50. The van der Waals surface area contributed by atoms with Crippen LogP contribution in [0.15, 0.2) is 66.3 Å². The van der Waals surface area contributed by atoms with Crippen molar-refractivity contribution in [2.24, 2.45) is 4.99 Å². The number of benzene rings is 2. The second-order valence-electron chi connectivity index (χ2n) is 6.38. The zero-order valence-corrected chi connectivity index (χ0v) is 14.5. The lowest BCUT2D eigenvalue weighted by Gasteiger charge is -2.20. The van der Waals surface area contributed by atoms with Crippen LogP contribution in [0.3, 0.4) is 0 Å². The van der Waals surface area contributed by atoms with Gasteiger partial charge in [0.05, 0.1) is 17.8 Å². The van der Waals surface area contributed by atoms with Crippen LogP contribution in [0.4, 0.5) is 0 Å². The Morgan fingerprint density at radius 3 is 2.50 bits per heavy atom. The van der Waals surface area contributed by atoms with E-state index in [9.17, 15) is 5.26 Å². The van der Waals surface area contributed by atoms with Gasteiger partial charge in [0, 0.05) is 19.8 Å². The Kier molecular flexibility index (Phi) is 5.55. The van der Waals surface area contributed by atoms with Gasteiger partial charge < -0.3 is 4.90 Å². The molecule has 0 unspecified atom stereocenters. The average molecular weight is 317 g/mol. The van der Waals surface area contributed by atoms with E-state index in [1.54, 1.807) is 6.34 Å². The third-order valence-corrected chi connectivity index (χ3v) is 3.90. The quantitative estimate of drug-likeness (QED) is 0.569. The fraction of sp³-hybridized carbons (Fsp3) is 0.238. The highest BCUT2D eigenvalue weighted by atomic mass is 15.1. The predicted octanol–water partition coefficient (Wildman–Crippen LogP) is 4.76. The average Bonchev–Trinajstić information content (AvgIpc) is 2.60. The smallest absolute Gasteiger partial charge is 0.0905 e. The molecule has 24 heavy (non-hydrogen) atoms. The van der Waals surface area contributed by atoms with E-state index >= 15 is 0 Å². The first-order valence-corrected chi connectivity index (χ1v) is 7.92. The lowest BCUT2D eigenvalue weighted by Crippen LogP contribution is -2.18. The molecule has 0 heterocycles. The first-order valence-electron chi connectivity index (χ1n) is 7.92. The third kappa shape index (κ3) is 4.33. The molecule has 2 aromatic rings. The zero-order chi connectivity index (χ0) is 17.6. The van der Waals surface area contributed by atoms with Gasteiger partial charge >= 0.3 is 0 Å². The first-order chi connectivity index (χ1) is 11.5. The monoisotopic (exact) mass is 317 g/mol. The highest BCUT2D eigenvalue weighted by molar-refractivity contribution is 5.66. The summed E-state index contributed by atoms with van der Waals surface area (Å²) in [6.07, 6.45) is 3.26. The van der Waals surface area contributed by atoms with Crippen LogP contribution in [0.5, 0.6) is 0 Å². The van der Waals surface area contributed by atoms with E-state index < -0.39 is 5.41 Å². The molecule has 0 aliphatic carbocycles. The van der Waals surface area contributed by atoms with Crippen molar-refractivity contribution in [3.63, 3.8) is 0 Å². The summed E-state index contributed by atoms with van der Waals surface area (Å²) in [5.74, 6) is 0. The minimum atomic E-state index is -0.534. The molecule has 3 nitrogen and oxygen atoms in total. The maximum Gasteiger partial charge on any atom is 0.0905 e. The maximum absolute atomic E-state index is 9.51. The van der Waals surface area contributed by atoms with Crippen molar-refractivity contribution < 1.29 is 0 Å².